The molecule has 0 aromatic carbocycles. The molecule has 0 spiro atoms. The van der Waals surface area contributed by atoms with Gasteiger partial charge in [0.1, 0.15) is 10.7 Å². The van der Waals surface area contributed by atoms with Crippen molar-refractivity contribution in [3.63, 3.8) is 0 Å². The minimum absolute atomic E-state index is 0.0254. The van der Waals surface area contributed by atoms with Gasteiger partial charge in [-0.2, -0.15) is 0 Å². The number of hydrogen-bond donors (Lipinski definition) is 0. The Kier molecular flexibility index (Phi) is 4.09. The molecule has 0 bridgehead atoms. The first-order chi connectivity index (χ1) is 11.6. The molecule has 0 N–H and O–H groups in total. The number of fused-ring (bicyclic) bond motifs is 1. The fourth-order valence-electron chi connectivity index (χ4n) is 3.63. The van der Waals surface area contributed by atoms with Gasteiger partial charge in [0, 0.05) is 19.6 Å². The highest BCUT2D eigenvalue weighted by Crippen LogP contribution is 2.33. The van der Waals surface area contributed by atoms with Crippen LogP contribution in [0, 0.1) is 6.92 Å². The van der Waals surface area contributed by atoms with Crippen molar-refractivity contribution in [3.8, 4) is 0 Å². The SMILES string of the molecule is Cc1ncsc1C(=O)N1CCCCC1c1nnc2n1CCN(C)C2. The fourth-order valence-corrected chi connectivity index (χ4v) is 4.39. The monoisotopic (exact) mass is 346 g/mol. The first-order valence-corrected chi connectivity index (χ1v) is 9.34. The molecule has 1 saturated heterocycles. The number of carbonyl (C=O) groups is 1. The van der Waals surface area contributed by atoms with Gasteiger partial charge in [0.15, 0.2) is 5.82 Å². The maximum Gasteiger partial charge on any atom is 0.266 e. The molecule has 4 heterocycles. The predicted molar refractivity (Wildman–Crippen MR) is 90.8 cm³/mol. The molecule has 7 nitrogen and oxygen atoms in total. The van der Waals surface area contributed by atoms with Crippen LogP contribution in [0.15, 0.2) is 5.51 Å². The van der Waals surface area contributed by atoms with E-state index in [4.69, 9.17) is 0 Å². The lowest BCUT2D eigenvalue weighted by Crippen LogP contribution is -2.40. The minimum atomic E-state index is 0.0254. The van der Waals surface area contributed by atoms with Gasteiger partial charge in [-0.1, -0.05) is 0 Å². The van der Waals surface area contributed by atoms with E-state index in [0.29, 0.717) is 0 Å². The van der Waals surface area contributed by atoms with Gasteiger partial charge in [-0.15, -0.1) is 21.5 Å². The van der Waals surface area contributed by atoms with Crippen LogP contribution < -0.4 is 0 Å². The molecule has 0 saturated carbocycles. The van der Waals surface area contributed by atoms with E-state index in [9.17, 15) is 4.79 Å². The van der Waals surface area contributed by atoms with Crippen LogP contribution in [0.2, 0.25) is 0 Å². The topological polar surface area (TPSA) is 67.2 Å². The number of aromatic nitrogens is 4. The molecular formula is C16H22N6OS. The number of likely N-dealkylation sites (N-methyl/N-ethyl adjacent to an activating group) is 1. The molecule has 2 aromatic rings. The highest BCUT2D eigenvalue weighted by atomic mass is 32.1. The van der Waals surface area contributed by atoms with Crippen LogP contribution in [0.4, 0.5) is 0 Å². The maximum absolute atomic E-state index is 13.0. The van der Waals surface area contributed by atoms with Gasteiger partial charge in [0.25, 0.3) is 5.91 Å². The lowest BCUT2D eigenvalue weighted by Gasteiger charge is -2.35. The zero-order chi connectivity index (χ0) is 16.7. The average molecular weight is 346 g/mol. The quantitative estimate of drug-likeness (QED) is 0.830. The Balaban J connectivity index is 1.66. The first-order valence-electron chi connectivity index (χ1n) is 8.46. The molecule has 0 radical (unpaired) electrons. The number of amides is 1. The summed E-state index contributed by atoms with van der Waals surface area (Å²) in [4.78, 5) is 22.3. The zero-order valence-corrected chi connectivity index (χ0v) is 14.9. The van der Waals surface area contributed by atoms with Gasteiger partial charge in [0.2, 0.25) is 0 Å². The van der Waals surface area contributed by atoms with E-state index in [2.05, 4.69) is 31.7 Å². The van der Waals surface area contributed by atoms with Crippen molar-refractivity contribution in [2.75, 3.05) is 20.1 Å². The highest BCUT2D eigenvalue weighted by molar-refractivity contribution is 7.11. The number of rotatable bonds is 2. The van der Waals surface area contributed by atoms with Crippen LogP contribution in [-0.2, 0) is 13.1 Å². The molecule has 8 heteroatoms. The Bertz CT molecular complexity index is 754. The Labute approximate surface area is 145 Å². The van der Waals surface area contributed by atoms with Crippen molar-refractivity contribution in [1.29, 1.82) is 0 Å². The summed E-state index contributed by atoms with van der Waals surface area (Å²) >= 11 is 1.43. The van der Waals surface area contributed by atoms with Crippen LogP contribution in [0.5, 0.6) is 0 Å². The third kappa shape index (κ3) is 2.63. The molecule has 4 rings (SSSR count). The second-order valence-electron chi connectivity index (χ2n) is 6.64. The summed E-state index contributed by atoms with van der Waals surface area (Å²) in [5.74, 6) is 2.05. The third-order valence-corrected chi connectivity index (χ3v) is 5.89. The molecule has 1 amide bonds. The fraction of sp³-hybridized carbons (Fsp3) is 0.625. The molecule has 1 unspecified atom stereocenters. The zero-order valence-electron chi connectivity index (χ0n) is 14.1. The summed E-state index contributed by atoms with van der Waals surface area (Å²) < 4.78 is 2.22. The van der Waals surface area contributed by atoms with E-state index in [1.165, 1.54) is 11.3 Å². The molecular weight excluding hydrogens is 324 g/mol. The number of thiazole rings is 1. The first kappa shape index (κ1) is 15.7. The second-order valence-corrected chi connectivity index (χ2v) is 7.50. The van der Waals surface area contributed by atoms with Crippen LogP contribution >= 0.6 is 11.3 Å². The maximum atomic E-state index is 13.0. The van der Waals surface area contributed by atoms with Crippen LogP contribution in [0.1, 0.15) is 52.3 Å². The molecule has 2 aliphatic rings. The number of piperidine rings is 1. The number of aryl methyl sites for hydroxylation is 1. The largest absolute Gasteiger partial charge is 0.328 e. The van der Waals surface area contributed by atoms with E-state index < -0.39 is 0 Å². The van der Waals surface area contributed by atoms with Crippen LogP contribution in [-0.4, -0.2) is 55.6 Å². The molecule has 128 valence electrons. The van der Waals surface area contributed by atoms with Crippen molar-refractivity contribution >= 4 is 17.2 Å². The minimum Gasteiger partial charge on any atom is -0.328 e. The van der Waals surface area contributed by atoms with E-state index in [-0.39, 0.29) is 11.9 Å². The van der Waals surface area contributed by atoms with Crippen molar-refractivity contribution in [3.05, 3.63) is 27.7 Å². The van der Waals surface area contributed by atoms with Crippen LogP contribution in [0.3, 0.4) is 0 Å². The second kappa shape index (κ2) is 6.25. The van der Waals surface area contributed by atoms with Gasteiger partial charge in [-0.25, -0.2) is 4.98 Å². The Hall–Kier alpha value is -1.80. The molecule has 24 heavy (non-hydrogen) atoms. The standard InChI is InChI=1S/C16H22N6OS/c1-11-14(24-10-17-11)16(23)21-6-4-3-5-12(21)15-19-18-13-9-20(2)7-8-22(13)15/h10,12H,3-9H2,1-2H3. The van der Waals surface area contributed by atoms with E-state index >= 15 is 0 Å². The number of carbonyl (C=O) groups excluding carboxylic acids is 1. The van der Waals surface area contributed by atoms with Gasteiger partial charge >= 0.3 is 0 Å². The van der Waals surface area contributed by atoms with Crippen molar-refractivity contribution in [1.82, 2.24) is 29.5 Å². The van der Waals surface area contributed by atoms with Crippen LogP contribution in [0.25, 0.3) is 0 Å². The van der Waals surface area contributed by atoms with Crippen molar-refractivity contribution < 1.29 is 4.79 Å². The summed E-state index contributed by atoms with van der Waals surface area (Å²) in [6, 6.07) is 0.0254. The summed E-state index contributed by atoms with van der Waals surface area (Å²) in [6.07, 6.45) is 3.12. The lowest BCUT2D eigenvalue weighted by molar-refractivity contribution is 0.0596. The normalized spacial score (nSPS) is 21.8. The smallest absolute Gasteiger partial charge is 0.266 e. The van der Waals surface area contributed by atoms with Gasteiger partial charge < -0.3 is 9.47 Å². The third-order valence-electron chi connectivity index (χ3n) is 4.97. The van der Waals surface area contributed by atoms with Gasteiger partial charge in [-0.05, 0) is 33.2 Å². The van der Waals surface area contributed by atoms with E-state index in [1.807, 2.05) is 11.8 Å². The number of hydrogen-bond acceptors (Lipinski definition) is 6. The lowest BCUT2D eigenvalue weighted by atomic mass is 10.0. The summed E-state index contributed by atoms with van der Waals surface area (Å²) in [7, 11) is 2.10. The van der Waals surface area contributed by atoms with E-state index in [0.717, 1.165) is 67.7 Å². The number of nitrogens with zero attached hydrogens (tertiary/aromatic N) is 6. The Morgan fingerprint density at radius 3 is 2.92 bits per heavy atom. The van der Waals surface area contributed by atoms with E-state index in [1.54, 1.807) is 5.51 Å². The molecule has 0 aliphatic carbocycles. The average Bonchev–Trinajstić information content (AvgIpc) is 3.20. The predicted octanol–water partition coefficient (Wildman–Crippen LogP) is 1.86. The highest BCUT2D eigenvalue weighted by Gasteiger charge is 2.34. The van der Waals surface area contributed by atoms with Crippen molar-refractivity contribution in [2.45, 2.75) is 45.3 Å². The Morgan fingerprint density at radius 2 is 2.12 bits per heavy atom. The van der Waals surface area contributed by atoms with Gasteiger partial charge in [-0.3, -0.25) is 9.69 Å². The summed E-state index contributed by atoms with van der Waals surface area (Å²) in [6.45, 7) is 5.39. The summed E-state index contributed by atoms with van der Waals surface area (Å²) in [5.41, 5.74) is 2.57. The molecule has 1 fully saturated rings. The molecule has 2 aliphatic heterocycles. The molecule has 2 aromatic heterocycles. The summed E-state index contributed by atoms with van der Waals surface area (Å²) in [5, 5.41) is 8.85. The van der Waals surface area contributed by atoms with Crippen molar-refractivity contribution in [2.24, 2.45) is 0 Å². The Morgan fingerprint density at radius 1 is 1.25 bits per heavy atom. The molecule has 1 atom stereocenters. The van der Waals surface area contributed by atoms with Gasteiger partial charge in [0.05, 0.1) is 23.8 Å². The number of likely N-dealkylation sites (tertiary alicyclic amines) is 1.